The summed E-state index contributed by atoms with van der Waals surface area (Å²) >= 11 is 5.91. The van der Waals surface area contributed by atoms with Crippen LogP contribution in [0.2, 0.25) is 5.02 Å². The zero-order chi connectivity index (χ0) is 18.7. The van der Waals surface area contributed by atoms with Crippen LogP contribution in [0.3, 0.4) is 0 Å². The fourth-order valence-electron chi connectivity index (χ4n) is 2.84. The van der Waals surface area contributed by atoms with E-state index >= 15 is 0 Å². The van der Waals surface area contributed by atoms with Crippen LogP contribution >= 0.6 is 11.6 Å². The molecule has 134 valence electrons. The van der Waals surface area contributed by atoms with E-state index in [1.54, 1.807) is 53.4 Å². The first-order valence-corrected chi connectivity index (χ1v) is 8.41. The summed E-state index contributed by atoms with van der Waals surface area (Å²) < 4.78 is 4.65. The molecule has 1 saturated heterocycles. The van der Waals surface area contributed by atoms with Crippen LogP contribution in [0.5, 0.6) is 0 Å². The highest BCUT2D eigenvalue weighted by Crippen LogP contribution is 2.27. The van der Waals surface area contributed by atoms with Crippen LogP contribution in [-0.4, -0.2) is 31.4 Å². The molecule has 7 heteroatoms. The molecule has 0 radical (unpaired) electrons. The molecule has 26 heavy (non-hydrogen) atoms. The molecule has 2 aromatic carbocycles. The molecular weight excluding hydrogens is 356 g/mol. The molecule has 1 heterocycles. The van der Waals surface area contributed by atoms with Crippen LogP contribution < -0.4 is 10.2 Å². The molecule has 1 fully saturated rings. The second kappa shape index (κ2) is 7.58. The lowest BCUT2D eigenvalue weighted by Crippen LogP contribution is -2.28. The zero-order valence-electron chi connectivity index (χ0n) is 14.1. The van der Waals surface area contributed by atoms with Gasteiger partial charge in [0.05, 0.1) is 18.6 Å². The van der Waals surface area contributed by atoms with Gasteiger partial charge in [0.1, 0.15) is 0 Å². The first kappa shape index (κ1) is 17.9. The van der Waals surface area contributed by atoms with Crippen molar-refractivity contribution >= 4 is 40.8 Å². The number of nitrogens with one attached hydrogen (secondary N) is 1. The summed E-state index contributed by atoms with van der Waals surface area (Å²) in [5.74, 6) is -1.26. The van der Waals surface area contributed by atoms with Gasteiger partial charge < -0.3 is 15.0 Å². The van der Waals surface area contributed by atoms with E-state index in [-0.39, 0.29) is 24.8 Å². The van der Waals surface area contributed by atoms with Crippen molar-refractivity contribution < 1.29 is 19.1 Å². The van der Waals surface area contributed by atoms with Crippen molar-refractivity contribution in [3.05, 3.63) is 59.1 Å². The molecule has 0 aliphatic carbocycles. The van der Waals surface area contributed by atoms with Crippen molar-refractivity contribution in [2.75, 3.05) is 23.9 Å². The molecule has 0 spiro atoms. The number of hydrogen-bond acceptors (Lipinski definition) is 4. The molecule has 2 aromatic rings. The first-order chi connectivity index (χ1) is 12.5. The Bertz CT molecular complexity index is 851. The largest absolute Gasteiger partial charge is 0.465 e. The maximum atomic E-state index is 12.4. The van der Waals surface area contributed by atoms with Gasteiger partial charge in [0.2, 0.25) is 11.8 Å². The van der Waals surface area contributed by atoms with E-state index < -0.39 is 11.9 Å². The summed E-state index contributed by atoms with van der Waals surface area (Å²) in [6.45, 7) is 0.281. The molecule has 0 saturated carbocycles. The van der Waals surface area contributed by atoms with Crippen LogP contribution in [0.15, 0.2) is 48.5 Å². The predicted molar refractivity (Wildman–Crippen MR) is 98.3 cm³/mol. The topological polar surface area (TPSA) is 75.7 Å². The number of halogens is 1. The highest BCUT2D eigenvalue weighted by atomic mass is 35.5. The van der Waals surface area contributed by atoms with Crippen molar-refractivity contribution in [1.29, 1.82) is 0 Å². The standard InChI is InChI=1S/C19H17ClN2O4/c1-26-19(25)12-5-7-16(8-6-12)22-11-13(9-17(22)23)18(24)21-15-4-2-3-14(20)10-15/h2-8,10,13H,9,11H2,1H3,(H,21,24). The first-order valence-electron chi connectivity index (χ1n) is 8.03. The van der Waals surface area contributed by atoms with E-state index in [1.807, 2.05) is 0 Å². The molecule has 1 unspecified atom stereocenters. The van der Waals surface area contributed by atoms with Gasteiger partial charge in [-0.1, -0.05) is 17.7 Å². The van der Waals surface area contributed by atoms with E-state index in [0.717, 1.165) is 0 Å². The Balaban J connectivity index is 1.68. The third-order valence-electron chi connectivity index (χ3n) is 4.19. The van der Waals surface area contributed by atoms with Gasteiger partial charge in [-0.05, 0) is 42.5 Å². The van der Waals surface area contributed by atoms with Crippen LogP contribution in [0.25, 0.3) is 0 Å². The summed E-state index contributed by atoms with van der Waals surface area (Å²) in [5, 5.41) is 3.31. The summed E-state index contributed by atoms with van der Waals surface area (Å²) in [6.07, 6.45) is 0.130. The fraction of sp³-hybridized carbons (Fsp3) is 0.211. The Labute approximate surface area is 155 Å². The minimum absolute atomic E-state index is 0.130. The summed E-state index contributed by atoms with van der Waals surface area (Å²) in [4.78, 5) is 37.8. The van der Waals surface area contributed by atoms with Crippen LogP contribution in [0, 0.1) is 5.92 Å². The Morgan fingerprint density at radius 2 is 1.92 bits per heavy atom. The number of amides is 2. The van der Waals surface area contributed by atoms with E-state index in [1.165, 1.54) is 7.11 Å². The second-order valence-corrected chi connectivity index (χ2v) is 6.38. The Morgan fingerprint density at radius 3 is 2.58 bits per heavy atom. The molecule has 1 aliphatic rings. The fourth-order valence-corrected chi connectivity index (χ4v) is 3.03. The van der Waals surface area contributed by atoms with Crippen molar-refractivity contribution in [3.8, 4) is 0 Å². The lowest BCUT2D eigenvalue weighted by atomic mass is 10.1. The number of ether oxygens (including phenoxy) is 1. The molecule has 1 aliphatic heterocycles. The van der Waals surface area contributed by atoms with E-state index in [2.05, 4.69) is 10.1 Å². The maximum absolute atomic E-state index is 12.4. The number of hydrogen-bond donors (Lipinski definition) is 1. The van der Waals surface area contributed by atoms with Gasteiger partial charge in [0, 0.05) is 29.4 Å². The lowest BCUT2D eigenvalue weighted by Gasteiger charge is -2.17. The highest BCUT2D eigenvalue weighted by molar-refractivity contribution is 6.30. The number of esters is 1. The van der Waals surface area contributed by atoms with E-state index in [9.17, 15) is 14.4 Å². The average molecular weight is 373 g/mol. The van der Waals surface area contributed by atoms with Crippen molar-refractivity contribution in [3.63, 3.8) is 0 Å². The monoisotopic (exact) mass is 372 g/mol. The van der Waals surface area contributed by atoms with Crippen molar-refractivity contribution in [2.45, 2.75) is 6.42 Å². The number of anilines is 2. The summed E-state index contributed by atoms with van der Waals surface area (Å²) in [6, 6.07) is 13.4. The minimum Gasteiger partial charge on any atom is -0.465 e. The SMILES string of the molecule is COC(=O)c1ccc(N2CC(C(=O)Nc3cccc(Cl)c3)CC2=O)cc1. The number of carbonyl (C=O) groups excluding carboxylic acids is 3. The molecule has 3 rings (SSSR count). The third kappa shape index (κ3) is 3.86. The molecule has 2 amide bonds. The van der Waals surface area contributed by atoms with Crippen molar-refractivity contribution in [2.24, 2.45) is 5.92 Å². The maximum Gasteiger partial charge on any atom is 0.337 e. The predicted octanol–water partition coefficient (Wildman–Crippen LogP) is 3.12. The molecule has 1 atom stereocenters. The van der Waals surface area contributed by atoms with Gasteiger partial charge >= 0.3 is 5.97 Å². The van der Waals surface area contributed by atoms with Gasteiger partial charge in [0.15, 0.2) is 0 Å². The minimum atomic E-state index is -0.457. The van der Waals surface area contributed by atoms with Crippen LogP contribution in [-0.2, 0) is 14.3 Å². The Kier molecular flexibility index (Phi) is 5.23. The van der Waals surface area contributed by atoms with Gasteiger partial charge in [-0.15, -0.1) is 0 Å². The van der Waals surface area contributed by atoms with Crippen LogP contribution in [0.4, 0.5) is 11.4 Å². The summed E-state index contributed by atoms with van der Waals surface area (Å²) in [7, 11) is 1.31. The van der Waals surface area contributed by atoms with Gasteiger partial charge in [-0.2, -0.15) is 0 Å². The number of benzene rings is 2. The molecule has 1 N–H and O–H groups in total. The number of rotatable bonds is 4. The quantitative estimate of drug-likeness (QED) is 0.837. The lowest BCUT2D eigenvalue weighted by molar-refractivity contribution is -0.122. The zero-order valence-corrected chi connectivity index (χ0v) is 14.8. The second-order valence-electron chi connectivity index (χ2n) is 5.94. The number of methoxy groups -OCH3 is 1. The van der Waals surface area contributed by atoms with Crippen molar-refractivity contribution in [1.82, 2.24) is 0 Å². The molecule has 6 nitrogen and oxygen atoms in total. The van der Waals surface area contributed by atoms with Gasteiger partial charge in [0.25, 0.3) is 0 Å². The third-order valence-corrected chi connectivity index (χ3v) is 4.42. The van der Waals surface area contributed by atoms with E-state index in [4.69, 9.17) is 11.6 Å². The molecule has 0 aromatic heterocycles. The average Bonchev–Trinajstić information content (AvgIpc) is 3.03. The molecular formula is C19H17ClN2O4. The van der Waals surface area contributed by atoms with Gasteiger partial charge in [-0.3, -0.25) is 9.59 Å². The van der Waals surface area contributed by atoms with E-state index in [0.29, 0.717) is 22.0 Å². The normalized spacial score (nSPS) is 16.5. The van der Waals surface area contributed by atoms with Crippen LogP contribution in [0.1, 0.15) is 16.8 Å². The summed E-state index contributed by atoms with van der Waals surface area (Å²) in [5.41, 5.74) is 1.63. The molecule has 0 bridgehead atoms. The highest BCUT2D eigenvalue weighted by Gasteiger charge is 2.35. The number of nitrogens with zero attached hydrogens (tertiary/aromatic N) is 1. The van der Waals surface area contributed by atoms with Gasteiger partial charge in [-0.25, -0.2) is 4.79 Å². The Morgan fingerprint density at radius 1 is 1.19 bits per heavy atom. The number of carbonyl (C=O) groups is 3. The smallest absolute Gasteiger partial charge is 0.337 e. The Hall–Kier alpha value is -2.86.